The zero-order chi connectivity index (χ0) is 15.4. The van der Waals surface area contributed by atoms with E-state index in [-0.39, 0.29) is 34.2 Å². The zero-order valence-corrected chi connectivity index (χ0v) is 12.3. The van der Waals surface area contributed by atoms with Gasteiger partial charge in [-0.2, -0.15) is 0 Å². The van der Waals surface area contributed by atoms with E-state index in [4.69, 9.17) is 9.47 Å². The first kappa shape index (κ1) is 15.0. The number of phenols is 1. The molecule has 2 rings (SSSR count). The smallest absolute Gasteiger partial charge is 0.339 e. The fourth-order valence-electron chi connectivity index (χ4n) is 1.75. The summed E-state index contributed by atoms with van der Waals surface area (Å²) in [5.74, 6) is -1.25. The number of benzene rings is 1. The van der Waals surface area contributed by atoms with Crippen molar-refractivity contribution in [2.75, 3.05) is 13.7 Å². The first-order valence-corrected chi connectivity index (χ1v) is 6.98. The summed E-state index contributed by atoms with van der Waals surface area (Å²) >= 11 is 1.15. The van der Waals surface area contributed by atoms with E-state index in [9.17, 15) is 14.7 Å². The van der Waals surface area contributed by atoms with E-state index in [1.54, 1.807) is 12.3 Å². The van der Waals surface area contributed by atoms with Crippen molar-refractivity contribution >= 4 is 23.1 Å². The molecule has 1 aromatic heterocycles. The van der Waals surface area contributed by atoms with E-state index >= 15 is 0 Å². The van der Waals surface area contributed by atoms with Gasteiger partial charge in [-0.15, -0.1) is 11.3 Å². The number of esters is 1. The maximum Gasteiger partial charge on any atom is 0.339 e. The molecule has 0 aliphatic carbocycles. The van der Waals surface area contributed by atoms with Crippen LogP contribution in [0.15, 0.2) is 23.7 Å². The van der Waals surface area contributed by atoms with Crippen molar-refractivity contribution in [2.24, 2.45) is 0 Å². The molecule has 7 heteroatoms. The molecule has 0 fully saturated rings. The third kappa shape index (κ3) is 3.03. The molecular weight excluding hydrogens is 294 g/mol. The van der Waals surface area contributed by atoms with E-state index in [0.717, 1.165) is 11.3 Å². The molecule has 6 nitrogen and oxygen atoms in total. The number of aromatic hydroxyl groups is 1. The van der Waals surface area contributed by atoms with Gasteiger partial charge < -0.3 is 14.6 Å². The van der Waals surface area contributed by atoms with E-state index in [0.29, 0.717) is 0 Å². The van der Waals surface area contributed by atoms with Crippen LogP contribution in [0.25, 0.3) is 0 Å². The maximum atomic E-state index is 12.4. The first-order valence-electron chi connectivity index (χ1n) is 6.10. The lowest BCUT2D eigenvalue weighted by Gasteiger charge is -2.11. The SMILES string of the molecule is CCOC(=O)c1cc(OC)c(O)cc1C(=O)c1nccs1. The second-order valence-electron chi connectivity index (χ2n) is 3.96. The topological polar surface area (TPSA) is 85.7 Å². The predicted octanol–water partition coefficient (Wildman–Crippen LogP) is 2.27. The number of rotatable bonds is 5. The Labute approximate surface area is 125 Å². The lowest BCUT2D eigenvalue weighted by Crippen LogP contribution is -2.13. The third-order valence-corrected chi connectivity index (χ3v) is 3.46. The number of ether oxygens (including phenoxy) is 2. The van der Waals surface area contributed by atoms with Gasteiger partial charge in [0.05, 0.1) is 19.3 Å². The second kappa shape index (κ2) is 6.36. The number of phenolic OH excluding ortho intramolecular Hbond substituents is 1. The molecule has 110 valence electrons. The number of ketones is 1. The van der Waals surface area contributed by atoms with Gasteiger partial charge in [0.1, 0.15) is 0 Å². The van der Waals surface area contributed by atoms with Crippen LogP contribution >= 0.6 is 11.3 Å². The first-order chi connectivity index (χ1) is 10.1. The molecule has 1 heterocycles. The molecule has 0 amide bonds. The van der Waals surface area contributed by atoms with Gasteiger partial charge in [-0.05, 0) is 19.1 Å². The molecule has 0 atom stereocenters. The molecule has 0 radical (unpaired) electrons. The highest BCUT2D eigenvalue weighted by atomic mass is 32.1. The Kier molecular flexibility index (Phi) is 4.54. The van der Waals surface area contributed by atoms with E-state index < -0.39 is 11.8 Å². The summed E-state index contributed by atoms with van der Waals surface area (Å²) in [6.07, 6.45) is 1.49. The number of methoxy groups -OCH3 is 1. The second-order valence-corrected chi connectivity index (χ2v) is 4.85. The number of carbonyl (C=O) groups excluding carboxylic acids is 2. The minimum atomic E-state index is -0.657. The normalized spacial score (nSPS) is 10.2. The van der Waals surface area contributed by atoms with Crippen LogP contribution in [-0.2, 0) is 4.74 Å². The third-order valence-electron chi connectivity index (χ3n) is 2.69. The largest absolute Gasteiger partial charge is 0.504 e. The number of hydrogen-bond donors (Lipinski definition) is 1. The van der Waals surface area contributed by atoms with Gasteiger partial charge in [-0.1, -0.05) is 0 Å². The molecule has 0 aliphatic rings. The summed E-state index contributed by atoms with van der Waals surface area (Å²) < 4.78 is 9.89. The molecule has 0 bridgehead atoms. The van der Waals surface area contributed by atoms with Crippen molar-refractivity contribution in [1.29, 1.82) is 0 Å². The monoisotopic (exact) mass is 307 g/mol. The molecule has 1 aromatic carbocycles. The zero-order valence-electron chi connectivity index (χ0n) is 11.5. The highest BCUT2D eigenvalue weighted by Gasteiger charge is 2.24. The van der Waals surface area contributed by atoms with Crippen LogP contribution in [0.3, 0.4) is 0 Å². The van der Waals surface area contributed by atoms with Crippen LogP contribution in [0.2, 0.25) is 0 Å². The Morgan fingerprint density at radius 2 is 2.10 bits per heavy atom. The average Bonchev–Trinajstić information content (AvgIpc) is 3.00. The molecule has 2 aromatic rings. The molecule has 21 heavy (non-hydrogen) atoms. The van der Waals surface area contributed by atoms with Gasteiger partial charge in [0, 0.05) is 17.1 Å². The summed E-state index contributed by atoms with van der Waals surface area (Å²) in [6.45, 7) is 1.84. The molecule has 0 saturated carbocycles. The molecule has 1 N–H and O–H groups in total. The molecule has 0 spiro atoms. The van der Waals surface area contributed by atoms with Crippen LogP contribution in [0.5, 0.6) is 11.5 Å². The quantitative estimate of drug-likeness (QED) is 0.673. The summed E-state index contributed by atoms with van der Waals surface area (Å²) in [4.78, 5) is 28.3. The number of nitrogens with zero attached hydrogens (tertiary/aromatic N) is 1. The maximum absolute atomic E-state index is 12.4. The van der Waals surface area contributed by atoms with Gasteiger partial charge in [0.15, 0.2) is 16.5 Å². The Morgan fingerprint density at radius 1 is 1.33 bits per heavy atom. The lowest BCUT2D eigenvalue weighted by molar-refractivity contribution is 0.0523. The number of hydrogen-bond acceptors (Lipinski definition) is 7. The van der Waals surface area contributed by atoms with Crippen molar-refractivity contribution in [3.05, 3.63) is 39.8 Å². The van der Waals surface area contributed by atoms with Crippen molar-refractivity contribution in [1.82, 2.24) is 4.98 Å². The number of aromatic nitrogens is 1. The van der Waals surface area contributed by atoms with Gasteiger partial charge in [0.2, 0.25) is 5.78 Å². The number of thiazole rings is 1. The van der Waals surface area contributed by atoms with Crippen LogP contribution in [0.1, 0.15) is 32.6 Å². The summed E-state index contributed by atoms with van der Waals surface area (Å²) in [5.41, 5.74) is 0.0633. The average molecular weight is 307 g/mol. The number of carbonyl (C=O) groups is 2. The Hall–Kier alpha value is -2.41. The van der Waals surface area contributed by atoms with Crippen LogP contribution < -0.4 is 4.74 Å². The van der Waals surface area contributed by atoms with E-state index in [1.165, 1.54) is 25.4 Å². The van der Waals surface area contributed by atoms with E-state index in [1.807, 2.05) is 0 Å². The van der Waals surface area contributed by atoms with Gasteiger partial charge in [-0.3, -0.25) is 4.79 Å². The van der Waals surface area contributed by atoms with Crippen molar-refractivity contribution in [3.63, 3.8) is 0 Å². The summed E-state index contributed by atoms with van der Waals surface area (Å²) in [6, 6.07) is 2.48. The fourth-order valence-corrected chi connectivity index (χ4v) is 2.34. The molecular formula is C14H13NO5S. The van der Waals surface area contributed by atoms with Crippen LogP contribution in [0, 0.1) is 0 Å². The Balaban J connectivity index is 2.55. The minimum absolute atomic E-state index is 0.0294. The summed E-state index contributed by atoms with van der Waals surface area (Å²) in [7, 11) is 1.35. The Morgan fingerprint density at radius 3 is 2.67 bits per heavy atom. The predicted molar refractivity (Wildman–Crippen MR) is 76.2 cm³/mol. The van der Waals surface area contributed by atoms with Crippen LogP contribution in [0.4, 0.5) is 0 Å². The highest BCUT2D eigenvalue weighted by Crippen LogP contribution is 2.31. The molecule has 0 unspecified atom stereocenters. The van der Waals surface area contributed by atoms with Gasteiger partial charge in [-0.25, -0.2) is 9.78 Å². The van der Waals surface area contributed by atoms with Crippen molar-refractivity contribution in [2.45, 2.75) is 6.92 Å². The molecule has 0 saturated heterocycles. The minimum Gasteiger partial charge on any atom is -0.504 e. The van der Waals surface area contributed by atoms with Crippen molar-refractivity contribution in [3.8, 4) is 11.5 Å². The highest BCUT2D eigenvalue weighted by molar-refractivity contribution is 7.11. The summed E-state index contributed by atoms with van der Waals surface area (Å²) in [5, 5.41) is 11.7. The van der Waals surface area contributed by atoms with Crippen molar-refractivity contribution < 1.29 is 24.2 Å². The lowest BCUT2D eigenvalue weighted by atomic mass is 10.0. The van der Waals surface area contributed by atoms with Gasteiger partial charge >= 0.3 is 5.97 Å². The fraction of sp³-hybridized carbons (Fsp3) is 0.214. The standard InChI is InChI=1S/C14H13NO5S/c1-3-20-14(18)9-7-11(19-2)10(16)6-8(9)12(17)13-15-4-5-21-13/h4-7,16H,3H2,1-2H3. The molecule has 0 aliphatic heterocycles. The van der Waals surface area contributed by atoms with Gasteiger partial charge in [0.25, 0.3) is 0 Å². The Bertz CT molecular complexity index is 666. The van der Waals surface area contributed by atoms with Crippen LogP contribution in [-0.4, -0.2) is 35.6 Å². The van der Waals surface area contributed by atoms with E-state index in [2.05, 4.69) is 4.98 Å².